The van der Waals surface area contributed by atoms with Crippen LogP contribution in [0.1, 0.15) is 11.3 Å². The van der Waals surface area contributed by atoms with Gasteiger partial charge in [0, 0.05) is 11.6 Å². The summed E-state index contributed by atoms with van der Waals surface area (Å²) in [7, 11) is 1.63. The summed E-state index contributed by atoms with van der Waals surface area (Å²) in [5.74, 6) is 0.817. The van der Waals surface area contributed by atoms with Gasteiger partial charge in [-0.3, -0.25) is 4.68 Å². The fourth-order valence-corrected chi connectivity index (χ4v) is 2.01. The summed E-state index contributed by atoms with van der Waals surface area (Å²) in [6, 6.07) is 9.51. The topological polar surface area (TPSA) is 71.1 Å². The number of aliphatic hydroxyl groups is 1. The number of aliphatic hydroxyl groups excluding tert-OH is 1. The average molecular weight is 257 g/mol. The van der Waals surface area contributed by atoms with E-state index in [-0.39, 0.29) is 6.61 Å². The molecule has 2 aromatic rings. The molecule has 1 heterocycles. The molecule has 0 atom stereocenters. The third kappa shape index (κ3) is 2.59. The summed E-state index contributed by atoms with van der Waals surface area (Å²) < 4.78 is 6.86. The molecule has 0 unspecified atom stereocenters. The van der Waals surface area contributed by atoms with E-state index >= 15 is 0 Å². The number of aromatic nitrogens is 2. The fourth-order valence-electron chi connectivity index (χ4n) is 2.01. The third-order valence-electron chi connectivity index (χ3n) is 2.90. The van der Waals surface area contributed by atoms with E-state index in [9.17, 15) is 0 Å². The number of rotatable bonds is 4. The molecule has 1 aromatic carbocycles. The van der Waals surface area contributed by atoms with Gasteiger partial charge in [-0.2, -0.15) is 10.4 Å². The van der Waals surface area contributed by atoms with Crippen LogP contribution in [0, 0.1) is 18.3 Å². The lowest BCUT2D eigenvalue weighted by Crippen LogP contribution is -2.06. The van der Waals surface area contributed by atoms with E-state index in [1.54, 1.807) is 17.9 Å². The van der Waals surface area contributed by atoms with Gasteiger partial charge in [0.25, 0.3) is 0 Å². The van der Waals surface area contributed by atoms with Gasteiger partial charge in [-0.15, -0.1) is 0 Å². The molecule has 1 N–H and O–H groups in total. The van der Waals surface area contributed by atoms with Crippen LogP contribution in [-0.4, -0.2) is 28.6 Å². The number of ether oxygens (including phenoxy) is 1. The number of nitriles is 1. The van der Waals surface area contributed by atoms with Crippen LogP contribution in [0.25, 0.3) is 11.3 Å². The molecule has 5 nitrogen and oxygen atoms in total. The highest BCUT2D eigenvalue weighted by Gasteiger charge is 2.10. The molecule has 0 saturated heterocycles. The maximum absolute atomic E-state index is 9.05. The van der Waals surface area contributed by atoms with Gasteiger partial charge in [0.2, 0.25) is 0 Å². The number of hydrogen-bond acceptors (Lipinski definition) is 4. The molecule has 2 rings (SSSR count). The number of hydrogen-bond donors (Lipinski definition) is 1. The van der Waals surface area contributed by atoms with Crippen molar-refractivity contribution in [2.24, 2.45) is 0 Å². The molecule has 0 spiro atoms. The van der Waals surface area contributed by atoms with E-state index in [0.29, 0.717) is 12.2 Å². The first kappa shape index (κ1) is 13.1. The quantitative estimate of drug-likeness (QED) is 0.905. The van der Waals surface area contributed by atoms with Crippen LogP contribution in [0.3, 0.4) is 0 Å². The predicted octanol–water partition coefficient (Wildman–Crippen LogP) is 1.73. The van der Waals surface area contributed by atoms with Crippen molar-refractivity contribution >= 4 is 0 Å². The molecule has 0 radical (unpaired) electrons. The zero-order valence-electron chi connectivity index (χ0n) is 10.9. The Hall–Kier alpha value is -2.32. The van der Waals surface area contributed by atoms with E-state index in [0.717, 1.165) is 22.6 Å². The van der Waals surface area contributed by atoms with Gasteiger partial charge in [0.1, 0.15) is 11.8 Å². The van der Waals surface area contributed by atoms with Gasteiger partial charge in [-0.25, -0.2) is 0 Å². The molecule has 0 bridgehead atoms. The van der Waals surface area contributed by atoms with Crippen LogP contribution in [0.2, 0.25) is 0 Å². The Morgan fingerprint density at radius 2 is 2.21 bits per heavy atom. The van der Waals surface area contributed by atoms with Gasteiger partial charge in [-0.05, 0) is 30.7 Å². The highest BCUT2D eigenvalue weighted by molar-refractivity contribution is 5.63. The second-order valence-electron chi connectivity index (χ2n) is 4.16. The normalized spacial score (nSPS) is 10.2. The maximum Gasteiger partial charge on any atom is 0.163 e. The van der Waals surface area contributed by atoms with Gasteiger partial charge in [-0.1, -0.05) is 0 Å². The number of nitrogens with zero attached hydrogens (tertiary/aromatic N) is 3. The van der Waals surface area contributed by atoms with Crippen molar-refractivity contribution in [2.45, 2.75) is 13.5 Å². The molecule has 0 aliphatic heterocycles. The second kappa shape index (κ2) is 5.55. The average Bonchev–Trinajstić information content (AvgIpc) is 2.82. The van der Waals surface area contributed by atoms with Crippen LogP contribution in [0.5, 0.6) is 5.75 Å². The zero-order valence-corrected chi connectivity index (χ0v) is 10.9. The standard InChI is InChI=1S/C14H15N3O2/c1-10-7-11(3-4-14(10)19-2)13-8-12(9-15)16-17(13)5-6-18/h3-4,7-8,18H,5-6H2,1-2H3. The number of aryl methyl sites for hydroxylation is 1. The molecule has 0 aliphatic rings. The molecule has 1 aromatic heterocycles. The van der Waals surface area contributed by atoms with Gasteiger partial charge in [0.05, 0.1) is 26.0 Å². The monoisotopic (exact) mass is 257 g/mol. The predicted molar refractivity (Wildman–Crippen MR) is 70.8 cm³/mol. The first-order chi connectivity index (χ1) is 9.19. The third-order valence-corrected chi connectivity index (χ3v) is 2.90. The SMILES string of the molecule is COc1ccc(-c2cc(C#N)nn2CCO)cc1C. The Morgan fingerprint density at radius 1 is 1.42 bits per heavy atom. The lowest BCUT2D eigenvalue weighted by molar-refractivity contribution is 0.270. The largest absolute Gasteiger partial charge is 0.496 e. The summed E-state index contributed by atoms with van der Waals surface area (Å²) in [5, 5.41) is 22.1. The fraction of sp³-hybridized carbons (Fsp3) is 0.286. The van der Waals surface area contributed by atoms with Crippen LogP contribution in [-0.2, 0) is 6.54 Å². The van der Waals surface area contributed by atoms with Crippen molar-refractivity contribution < 1.29 is 9.84 Å². The molecule has 5 heteroatoms. The first-order valence-electron chi connectivity index (χ1n) is 5.93. The molecule has 19 heavy (non-hydrogen) atoms. The molecule has 0 fully saturated rings. The zero-order chi connectivity index (χ0) is 13.8. The highest BCUT2D eigenvalue weighted by Crippen LogP contribution is 2.26. The van der Waals surface area contributed by atoms with E-state index in [4.69, 9.17) is 15.1 Å². The molecule has 0 saturated carbocycles. The van der Waals surface area contributed by atoms with Crippen molar-refractivity contribution in [1.82, 2.24) is 9.78 Å². The van der Waals surface area contributed by atoms with Crippen molar-refractivity contribution in [3.8, 4) is 23.1 Å². The molecular formula is C14H15N3O2. The molecular weight excluding hydrogens is 242 g/mol. The highest BCUT2D eigenvalue weighted by atomic mass is 16.5. The van der Waals surface area contributed by atoms with Crippen LogP contribution < -0.4 is 4.74 Å². The Morgan fingerprint density at radius 3 is 2.79 bits per heavy atom. The summed E-state index contributed by atoms with van der Waals surface area (Å²) in [4.78, 5) is 0. The summed E-state index contributed by atoms with van der Waals surface area (Å²) in [6.07, 6.45) is 0. The van der Waals surface area contributed by atoms with Gasteiger partial charge < -0.3 is 9.84 Å². The lowest BCUT2D eigenvalue weighted by atomic mass is 10.1. The van der Waals surface area contributed by atoms with E-state index < -0.39 is 0 Å². The van der Waals surface area contributed by atoms with Crippen molar-refractivity contribution in [3.63, 3.8) is 0 Å². The number of benzene rings is 1. The Balaban J connectivity index is 2.48. The van der Waals surface area contributed by atoms with Gasteiger partial charge in [0.15, 0.2) is 5.69 Å². The summed E-state index contributed by atoms with van der Waals surface area (Å²) in [6.45, 7) is 2.30. The van der Waals surface area contributed by atoms with E-state index in [1.807, 2.05) is 31.2 Å². The summed E-state index contributed by atoms with van der Waals surface area (Å²) >= 11 is 0. The van der Waals surface area contributed by atoms with Crippen LogP contribution in [0.4, 0.5) is 0 Å². The minimum Gasteiger partial charge on any atom is -0.496 e. The van der Waals surface area contributed by atoms with Crippen molar-refractivity contribution in [2.75, 3.05) is 13.7 Å². The van der Waals surface area contributed by atoms with E-state index in [2.05, 4.69) is 5.10 Å². The Kier molecular flexibility index (Phi) is 3.83. The Labute approximate surface area is 111 Å². The molecule has 0 aliphatic carbocycles. The summed E-state index contributed by atoms with van der Waals surface area (Å²) in [5.41, 5.74) is 3.12. The Bertz CT molecular complexity index is 626. The van der Waals surface area contributed by atoms with Crippen molar-refractivity contribution in [3.05, 3.63) is 35.5 Å². The first-order valence-corrected chi connectivity index (χ1v) is 5.93. The smallest absolute Gasteiger partial charge is 0.163 e. The molecule has 98 valence electrons. The van der Waals surface area contributed by atoms with Crippen molar-refractivity contribution in [1.29, 1.82) is 5.26 Å². The van der Waals surface area contributed by atoms with E-state index in [1.165, 1.54) is 0 Å². The van der Waals surface area contributed by atoms with Gasteiger partial charge >= 0.3 is 0 Å². The lowest BCUT2D eigenvalue weighted by Gasteiger charge is -2.09. The minimum atomic E-state index is -0.0192. The minimum absolute atomic E-state index is 0.0192. The maximum atomic E-state index is 9.05. The number of methoxy groups -OCH3 is 1. The van der Waals surface area contributed by atoms with Crippen LogP contribution >= 0.6 is 0 Å². The molecule has 0 amide bonds. The van der Waals surface area contributed by atoms with Crippen LogP contribution in [0.15, 0.2) is 24.3 Å². The second-order valence-corrected chi connectivity index (χ2v) is 4.16.